The second kappa shape index (κ2) is 7.34. The van der Waals surface area contributed by atoms with Crippen LogP contribution in [0.25, 0.3) is 38.6 Å². The smallest absolute Gasteiger partial charge is 0.399 e. The topological polar surface area (TPSA) is 36.3 Å². The monoisotopic (exact) mass is 486 g/mol. The Morgan fingerprint density at radius 1 is 0.757 bits per heavy atom. The minimum atomic E-state index is -0.415. The average Bonchev–Trinajstić information content (AvgIpc) is 3.41. The summed E-state index contributed by atoms with van der Waals surface area (Å²) in [6.07, 6.45) is 3.87. The van der Waals surface area contributed by atoms with E-state index < -0.39 is 7.12 Å². The lowest BCUT2D eigenvalue weighted by Gasteiger charge is -2.32. The van der Waals surface area contributed by atoms with Gasteiger partial charge in [0.1, 0.15) is 0 Å². The third-order valence-electron chi connectivity index (χ3n) is 8.93. The van der Waals surface area contributed by atoms with Crippen molar-refractivity contribution < 1.29 is 9.31 Å². The Morgan fingerprint density at radius 2 is 1.51 bits per heavy atom. The summed E-state index contributed by atoms with van der Waals surface area (Å²) in [6.45, 7) is 13.0. The average molecular weight is 486 g/mol. The number of nitrogens with zero attached hydrogens (tertiary/aromatic N) is 2. The largest absolute Gasteiger partial charge is 0.494 e. The SMILES string of the molecule is CC1(C)c2ccccc2-c2c1ccc1c3ccncc3n(-c3cccc(B4OC(C)(C)C(C)(C)O4)c3)c21. The molecule has 1 saturated heterocycles. The number of benzene rings is 3. The maximum atomic E-state index is 6.40. The molecule has 1 aliphatic heterocycles. The predicted molar refractivity (Wildman–Crippen MR) is 152 cm³/mol. The Balaban J connectivity index is 1.52. The van der Waals surface area contributed by atoms with Gasteiger partial charge in [-0.1, -0.05) is 62.4 Å². The molecule has 2 aliphatic rings. The van der Waals surface area contributed by atoms with Crippen LogP contribution in [0.5, 0.6) is 0 Å². The highest BCUT2D eigenvalue weighted by molar-refractivity contribution is 6.62. The molecule has 0 radical (unpaired) electrons. The number of hydrogen-bond acceptors (Lipinski definition) is 3. The van der Waals surface area contributed by atoms with Crippen molar-refractivity contribution in [3.8, 4) is 16.8 Å². The van der Waals surface area contributed by atoms with E-state index in [0.717, 1.165) is 16.7 Å². The Hall–Kier alpha value is -3.41. The van der Waals surface area contributed by atoms with Crippen molar-refractivity contribution in [3.63, 3.8) is 0 Å². The van der Waals surface area contributed by atoms with Crippen LogP contribution in [0, 0.1) is 0 Å². The van der Waals surface area contributed by atoms with Crippen molar-refractivity contribution in [1.82, 2.24) is 9.55 Å². The molecular weight excluding hydrogens is 455 g/mol. The van der Waals surface area contributed by atoms with Gasteiger partial charge in [-0.05, 0) is 68.0 Å². The predicted octanol–water partition coefficient (Wildman–Crippen LogP) is 6.78. The first-order valence-corrected chi connectivity index (χ1v) is 13.1. The molecule has 37 heavy (non-hydrogen) atoms. The van der Waals surface area contributed by atoms with Crippen molar-refractivity contribution in [3.05, 3.63) is 90.3 Å². The van der Waals surface area contributed by atoms with E-state index >= 15 is 0 Å². The van der Waals surface area contributed by atoms with E-state index in [2.05, 4.69) is 118 Å². The molecule has 7 rings (SSSR count). The summed E-state index contributed by atoms with van der Waals surface area (Å²) in [6, 6.07) is 24.2. The molecule has 184 valence electrons. The molecular formula is C32H31BN2O2. The van der Waals surface area contributed by atoms with Crippen molar-refractivity contribution in [2.45, 2.75) is 58.2 Å². The minimum Gasteiger partial charge on any atom is -0.399 e. The fourth-order valence-electron chi connectivity index (χ4n) is 6.20. The van der Waals surface area contributed by atoms with Gasteiger partial charge in [0.05, 0.1) is 28.4 Å². The van der Waals surface area contributed by atoms with Crippen molar-refractivity contribution in [1.29, 1.82) is 0 Å². The second-order valence-electron chi connectivity index (χ2n) is 12.0. The lowest BCUT2D eigenvalue weighted by Crippen LogP contribution is -2.41. The van der Waals surface area contributed by atoms with E-state index in [9.17, 15) is 0 Å². The molecule has 0 unspecified atom stereocenters. The molecule has 2 aromatic heterocycles. The normalized spacial score (nSPS) is 18.9. The van der Waals surface area contributed by atoms with Gasteiger partial charge in [0, 0.05) is 33.6 Å². The summed E-state index contributed by atoms with van der Waals surface area (Å²) in [5, 5.41) is 2.45. The number of pyridine rings is 1. The maximum Gasteiger partial charge on any atom is 0.494 e. The number of aromatic nitrogens is 2. The van der Waals surface area contributed by atoms with Crippen molar-refractivity contribution in [2.75, 3.05) is 0 Å². The molecule has 0 N–H and O–H groups in total. The quantitative estimate of drug-likeness (QED) is 0.258. The van der Waals surface area contributed by atoms with E-state index in [1.807, 2.05) is 12.4 Å². The van der Waals surface area contributed by atoms with Gasteiger partial charge in [0.2, 0.25) is 0 Å². The third-order valence-corrected chi connectivity index (χ3v) is 8.93. The van der Waals surface area contributed by atoms with E-state index in [1.54, 1.807) is 0 Å². The van der Waals surface area contributed by atoms with Gasteiger partial charge in [0.25, 0.3) is 0 Å². The first-order chi connectivity index (χ1) is 17.6. The molecule has 0 bridgehead atoms. The molecule has 1 fully saturated rings. The van der Waals surface area contributed by atoms with E-state index in [4.69, 9.17) is 9.31 Å². The highest BCUT2D eigenvalue weighted by Crippen LogP contribution is 2.52. The third kappa shape index (κ3) is 3.02. The van der Waals surface area contributed by atoms with Crippen LogP contribution in [0.3, 0.4) is 0 Å². The number of rotatable bonds is 2. The van der Waals surface area contributed by atoms with Crippen LogP contribution in [0.1, 0.15) is 52.7 Å². The number of fused-ring (bicyclic) bond motifs is 7. The Bertz CT molecular complexity index is 1710. The van der Waals surface area contributed by atoms with Gasteiger partial charge in [0.15, 0.2) is 0 Å². The van der Waals surface area contributed by atoms with Crippen LogP contribution in [-0.4, -0.2) is 27.9 Å². The van der Waals surface area contributed by atoms with Gasteiger partial charge < -0.3 is 13.9 Å². The van der Waals surface area contributed by atoms with Crippen LogP contribution in [-0.2, 0) is 14.7 Å². The Labute approximate surface area is 218 Å². The van der Waals surface area contributed by atoms with E-state index in [-0.39, 0.29) is 16.6 Å². The summed E-state index contributed by atoms with van der Waals surface area (Å²) >= 11 is 0. The molecule has 0 spiro atoms. The van der Waals surface area contributed by atoms with Crippen LogP contribution in [0.15, 0.2) is 79.1 Å². The fourth-order valence-corrected chi connectivity index (χ4v) is 6.20. The first-order valence-electron chi connectivity index (χ1n) is 13.1. The highest BCUT2D eigenvalue weighted by atomic mass is 16.7. The van der Waals surface area contributed by atoms with Gasteiger partial charge in [-0.25, -0.2) is 0 Å². The zero-order valence-corrected chi connectivity index (χ0v) is 22.3. The summed E-state index contributed by atoms with van der Waals surface area (Å²) < 4.78 is 15.2. The highest BCUT2D eigenvalue weighted by Gasteiger charge is 2.51. The zero-order valence-electron chi connectivity index (χ0n) is 22.3. The second-order valence-corrected chi connectivity index (χ2v) is 12.0. The molecule has 4 nitrogen and oxygen atoms in total. The maximum absolute atomic E-state index is 6.40. The summed E-state index contributed by atoms with van der Waals surface area (Å²) in [4.78, 5) is 4.53. The molecule has 5 aromatic rings. The van der Waals surface area contributed by atoms with E-state index in [1.165, 1.54) is 38.5 Å². The number of hydrogen-bond donors (Lipinski definition) is 0. The Kier molecular flexibility index (Phi) is 4.51. The Morgan fingerprint density at radius 3 is 2.30 bits per heavy atom. The lowest BCUT2D eigenvalue weighted by atomic mass is 9.79. The van der Waals surface area contributed by atoms with Crippen LogP contribution in [0.2, 0.25) is 0 Å². The molecule has 1 aliphatic carbocycles. The molecule has 0 amide bonds. The molecule has 3 aromatic carbocycles. The van der Waals surface area contributed by atoms with Gasteiger partial charge in [-0.15, -0.1) is 0 Å². The van der Waals surface area contributed by atoms with Gasteiger partial charge in [-0.2, -0.15) is 0 Å². The standard InChI is InChI=1S/C32H31BN2O2/c1-30(2)25-13-8-7-12-24(25)28-26(30)15-14-23-22-16-17-34-19-27(22)35(29(23)28)21-11-9-10-20(18-21)33-36-31(3,4)32(5,6)37-33/h7-19H,1-6H3. The zero-order chi connectivity index (χ0) is 25.7. The van der Waals surface area contributed by atoms with Crippen molar-refractivity contribution >= 4 is 34.4 Å². The van der Waals surface area contributed by atoms with Crippen molar-refractivity contribution in [2.24, 2.45) is 0 Å². The van der Waals surface area contributed by atoms with Crippen LogP contribution in [0.4, 0.5) is 0 Å². The first kappa shape index (κ1) is 22.8. The molecule has 3 heterocycles. The summed E-state index contributed by atoms with van der Waals surface area (Å²) in [5.74, 6) is 0. The summed E-state index contributed by atoms with van der Waals surface area (Å²) in [5.41, 5.74) is 8.94. The summed E-state index contributed by atoms with van der Waals surface area (Å²) in [7, 11) is -0.415. The molecule has 5 heteroatoms. The van der Waals surface area contributed by atoms with Crippen LogP contribution < -0.4 is 5.46 Å². The van der Waals surface area contributed by atoms with Crippen LogP contribution >= 0.6 is 0 Å². The van der Waals surface area contributed by atoms with Gasteiger partial charge >= 0.3 is 7.12 Å². The fraction of sp³-hybridized carbons (Fsp3) is 0.281. The molecule has 0 atom stereocenters. The lowest BCUT2D eigenvalue weighted by molar-refractivity contribution is 0.00578. The van der Waals surface area contributed by atoms with E-state index in [0.29, 0.717) is 0 Å². The molecule has 0 saturated carbocycles. The minimum absolute atomic E-state index is 0.0653. The van der Waals surface area contributed by atoms with Gasteiger partial charge in [-0.3, -0.25) is 4.98 Å².